The van der Waals surface area contributed by atoms with Crippen LogP contribution in [-0.4, -0.2) is 130 Å². The minimum Gasteiger partial charge on any atom is -0.507 e. The second-order valence-corrected chi connectivity index (χ2v) is 12.4. The molecule has 0 spiro atoms. The van der Waals surface area contributed by atoms with E-state index in [4.69, 9.17) is 28.1 Å². The van der Waals surface area contributed by atoms with Crippen LogP contribution < -0.4 is 10.2 Å². The maximum atomic E-state index is 13.3. The van der Waals surface area contributed by atoms with Crippen LogP contribution in [0.15, 0.2) is 57.7 Å². The molecule has 4 aliphatic rings. The largest absolute Gasteiger partial charge is 0.507 e. The second-order valence-electron chi connectivity index (χ2n) is 12.4. The Morgan fingerprint density at radius 1 is 0.717 bits per heavy atom. The van der Waals surface area contributed by atoms with Gasteiger partial charge in [-0.1, -0.05) is 0 Å². The molecule has 1 aliphatic carbocycles. The molecule has 2 aromatic rings. The molecule has 11 N–H and O–H groups in total. The molecule has 2 aromatic carbocycles. The number of hydrogen-bond donors (Lipinski definition) is 11. The standard InChI is InChI=1S/C34H34O19/c1-11-24(41)27(44)29(46)33(49-11)48-10-23-26(43)28(45)31(53-32(47)13-5-19(39)25(42)20(40)6-13)34(52-23)51-22-9-15-17(37)7-14(35)8-21(15)50-30(22)12-2-3-16(36)18(38)4-12/h2-9,11,23-24,26-29,31,33-34,36-46H,10H2,1H3/t11-,23-,24+,26+,27+,28+,29+,31-,33+,34-/m1/s1. The molecular weight excluding hydrogens is 712 g/mol. The summed E-state index contributed by atoms with van der Waals surface area (Å²) in [5, 5.41) is 113. The van der Waals surface area contributed by atoms with Gasteiger partial charge in [0.05, 0.1) is 23.8 Å². The molecule has 53 heavy (non-hydrogen) atoms. The molecule has 2 fully saturated rings. The highest BCUT2D eigenvalue weighted by Gasteiger charge is 2.50. The van der Waals surface area contributed by atoms with Gasteiger partial charge in [0.1, 0.15) is 48.1 Å². The van der Waals surface area contributed by atoms with Crippen LogP contribution in [0, 0.1) is 0 Å². The number of fused-ring (bicyclic) bond motifs is 1. The number of phenolic OH excluding ortho intramolecular Hbond substituents is 6. The van der Waals surface area contributed by atoms with Gasteiger partial charge in [-0.05, 0) is 43.3 Å². The average Bonchev–Trinajstić information content (AvgIpc) is 3.11. The molecule has 0 amide bonds. The molecule has 0 unspecified atom stereocenters. The first kappa shape index (κ1) is 37.4. The van der Waals surface area contributed by atoms with Gasteiger partial charge in [0.15, 0.2) is 58.1 Å². The fraction of sp³-hybridized carbons (Fsp3) is 0.353. The number of esters is 1. The van der Waals surface area contributed by atoms with Crippen molar-refractivity contribution in [3.05, 3.63) is 64.3 Å². The van der Waals surface area contributed by atoms with Crippen molar-refractivity contribution < 1.29 is 89.1 Å². The number of aromatic hydroxyl groups is 6. The fourth-order valence-corrected chi connectivity index (χ4v) is 5.77. The van der Waals surface area contributed by atoms with Gasteiger partial charge in [0.2, 0.25) is 6.29 Å². The van der Waals surface area contributed by atoms with Crippen molar-refractivity contribution in [1.29, 1.82) is 0 Å². The summed E-state index contributed by atoms with van der Waals surface area (Å²) in [7, 11) is 0. The molecule has 0 bridgehead atoms. The minimum absolute atomic E-state index is 0.0335. The van der Waals surface area contributed by atoms with Crippen molar-refractivity contribution in [2.75, 3.05) is 6.61 Å². The van der Waals surface area contributed by atoms with Gasteiger partial charge >= 0.3 is 5.97 Å². The number of ether oxygens (including phenoxy) is 5. The maximum absolute atomic E-state index is 13.3. The quantitative estimate of drug-likeness (QED) is 0.0802. The molecule has 19 nitrogen and oxygen atoms in total. The molecule has 0 radical (unpaired) electrons. The number of hydrogen-bond acceptors (Lipinski definition) is 19. The highest BCUT2D eigenvalue weighted by atomic mass is 16.7. The van der Waals surface area contributed by atoms with Gasteiger partial charge in [-0.15, -0.1) is 0 Å². The van der Waals surface area contributed by atoms with Crippen molar-refractivity contribution >= 4 is 5.97 Å². The molecule has 2 saturated heterocycles. The van der Waals surface area contributed by atoms with Gasteiger partial charge in [-0.3, -0.25) is 4.79 Å². The van der Waals surface area contributed by atoms with Crippen LogP contribution in [0.4, 0.5) is 0 Å². The van der Waals surface area contributed by atoms with Crippen LogP contribution in [0.5, 0.6) is 40.2 Å². The number of rotatable bonds is 8. The lowest BCUT2D eigenvalue weighted by atomic mass is 9.98. The molecule has 10 atom stereocenters. The molecule has 6 rings (SSSR count). The Hall–Kier alpha value is -5.38. The van der Waals surface area contributed by atoms with E-state index < -0.39 is 119 Å². The first-order valence-corrected chi connectivity index (χ1v) is 15.8. The van der Waals surface area contributed by atoms with E-state index in [0.29, 0.717) is 0 Å². The van der Waals surface area contributed by atoms with Gasteiger partial charge in [0, 0.05) is 17.7 Å². The lowest BCUT2D eigenvalue weighted by Gasteiger charge is -2.43. The van der Waals surface area contributed by atoms with Crippen LogP contribution in [-0.2, 0) is 18.9 Å². The number of carbonyl (C=O) groups is 1. The Balaban J connectivity index is 1.38. The Kier molecular flexibility index (Phi) is 10.3. The summed E-state index contributed by atoms with van der Waals surface area (Å²) >= 11 is 0. The smallest absolute Gasteiger partial charge is 0.339 e. The average molecular weight is 747 g/mol. The van der Waals surface area contributed by atoms with E-state index in [9.17, 15) is 65.8 Å². The Morgan fingerprint density at radius 3 is 2.09 bits per heavy atom. The van der Waals surface area contributed by atoms with Crippen LogP contribution in [0.1, 0.15) is 17.3 Å². The fourth-order valence-electron chi connectivity index (χ4n) is 5.77. The van der Waals surface area contributed by atoms with Gasteiger partial charge in [0.25, 0.3) is 0 Å². The highest BCUT2D eigenvalue weighted by molar-refractivity contribution is 5.91. The Morgan fingerprint density at radius 2 is 1.42 bits per heavy atom. The highest BCUT2D eigenvalue weighted by Crippen LogP contribution is 2.43. The molecule has 284 valence electrons. The van der Waals surface area contributed by atoms with E-state index >= 15 is 0 Å². The number of benzene rings is 3. The summed E-state index contributed by atoms with van der Waals surface area (Å²) in [6, 6.07) is 8.02. The third-order valence-corrected chi connectivity index (χ3v) is 8.71. The lowest BCUT2D eigenvalue weighted by molar-refractivity contribution is -0.318. The second kappa shape index (κ2) is 14.6. The van der Waals surface area contributed by atoms with Crippen LogP contribution >= 0.6 is 0 Å². The third-order valence-electron chi connectivity index (χ3n) is 8.71. The molecule has 0 aromatic heterocycles. The minimum atomic E-state index is -2.07. The Labute approximate surface area is 297 Å². The zero-order valence-corrected chi connectivity index (χ0v) is 27.3. The normalized spacial score (nSPS) is 28.8. The summed E-state index contributed by atoms with van der Waals surface area (Å²) < 4.78 is 34.3. The predicted molar refractivity (Wildman–Crippen MR) is 172 cm³/mol. The van der Waals surface area contributed by atoms with E-state index in [1.54, 1.807) is 0 Å². The van der Waals surface area contributed by atoms with Crippen molar-refractivity contribution in [3.8, 4) is 62.9 Å². The van der Waals surface area contributed by atoms with Gasteiger partial charge in [-0.2, -0.15) is 0 Å². The number of aliphatic hydroxyl groups is 5. The van der Waals surface area contributed by atoms with Crippen molar-refractivity contribution in [3.63, 3.8) is 0 Å². The van der Waals surface area contributed by atoms with E-state index in [1.807, 2.05) is 0 Å². The van der Waals surface area contributed by atoms with E-state index in [0.717, 1.165) is 36.4 Å². The SMILES string of the molecule is C[C@H]1O[C@H](OC[C@H]2O[C@@H](Oc3cc4c(O)cc(=O)cc-4oc3-c3ccc(O)c(O)c3)[C@H](OC(=O)c3cc(O)c(O)c(O)c3)[C@@H](O)[C@H]2O)[C@@H](O)[C@@H](O)[C@H]1O. The topological polar surface area (TPSA) is 316 Å². The molecule has 3 heterocycles. The molecule has 19 heteroatoms. The summed E-state index contributed by atoms with van der Waals surface area (Å²) in [5.41, 5.74) is -1.21. The van der Waals surface area contributed by atoms with Crippen molar-refractivity contribution in [1.82, 2.24) is 0 Å². The van der Waals surface area contributed by atoms with Crippen molar-refractivity contribution in [2.24, 2.45) is 0 Å². The van der Waals surface area contributed by atoms with Crippen LogP contribution in [0.2, 0.25) is 0 Å². The van der Waals surface area contributed by atoms with Crippen LogP contribution in [0.25, 0.3) is 22.6 Å². The van der Waals surface area contributed by atoms with E-state index in [1.165, 1.54) is 19.1 Å². The monoisotopic (exact) mass is 746 g/mol. The van der Waals surface area contributed by atoms with Gasteiger partial charge in [-0.25, -0.2) is 4.79 Å². The summed E-state index contributed by atoms with van der Waals surface area (Å²) in [6.45, 7) is 0.724. The zero-order chi connectivity index (χ0) is 38.5. The first-order chi connectivity index (χ1) is 25.0. The number of phenols is 6. The molecule has 0 saturated carbocycles. The lowest BCUT2D eigenvalue weighted by Crippen LogP contribution is -2.62. The van der Waals surface area contributed by atoms with Crippen LogP contribution in [0.3, 0.4) is 0 Å². The van der Waals surface area contributed by atoms with E-state index in [-0.39, 0.29) is 28.4 Å². The maximum Gasteiger partial charge on any atom is 0.339 e. The molecular formula is C34H34O19. The van der Waals surface area contributed by atoms with Gasteiger partial charge < -0.3 is 84.3 Å². The predicted octanol–water partition coefficient (Wildman–Crippen LogP) is -0.460. The third kappa shape index (κ3) is 7.32. The zero-order valence-electron chi connectivity index (χ0n) is 27.3. The summed E-state index contributed by atoms with van der Waals surface area (Å²) in [6.07, 6.45) is -16.9. The number of carbonyl (C=O) groups excluding carboxylic acids is 1. The summed E-state index contributed by atoms with van der Waals surface area (Å²) in [4.78, 5) is 25.4. The van der Waals surface area contributed by atoms with E-state index in [2.05, 4.69) is 0 Å². The number of aliphatic hydroxyl groups excluding tert-OH is 5. The first-order valence-electron chi connectivity index (χ1n) is 15.8. The summed E-state index contributed by atoms with van der Waals surface area (Å²) in [5.74, 6) is -6.47. The molecule has 3 aliphatic heterocycles. The van der Waals surface area contributed by atoms with Crippen molar-refractivity contribution in [2.45, 2.75) is 68.3 Å². The Bertz CT molecular complexity index is 1990.